The highest BCUT2D eigenvalue weighted by atomic mass is 32.2. The lowest BCUT2D eigenvalue weighted by Crippen LogP contribution is -2.15. The van der Waals surface area contributed by atoms with Crippen molar-refractivity contribution in [1.82, 2.24) is 9.97 Å². The summed E-state index contributed by atoms with van der Waals surface area (Å²) in [5.74, 6) is 2.86. The van der Waals surface area contributed by atoms with Crippen LogP contribution in [0.25, 0.3) is 5.57 Å². The van der Waals surface area contributed by atoms with Gasteiger partial charge >= 0.3 is 0 Å². The number of carbonyl (C=O) groups is 1. The van der Waals surface area contributed by atoms with Crippen LogP contribution in [-0.2, 0) is 22.7 Å². The molecule has 0 aliphatic heterocycles. The summed E-state index contributed by atoms with van der Waals surface area (Å²) in [6.07, 6.45) is 12.8. The Labute approximate surface area is 185 Å². The van der Waals surface area contributed by atoms with Crippen molar-refractivity contribution in [2.45, 2.75) is 52.9 Å². The van der Waals surface area contributed by atoms with Crippen LogP contribution in [0.5, 0.6) is 0 Å². The number of aromatic nitrogens is 2. The molecule has 1 aliphatic carbocycles. The summed E-state index contributed by atoms with van der Waals surface area (Å²) < 4.78 is 23.9. The third kappa shape index (κ3) is 5.95. The molecule has 1 aromatic carbocycles. The lowest BCUT2D eigenvalue weighted by molar-refractivity contribution is 0.0984. The number of hydrogen-bond donors (Lipinski definition) is 1. The van der Waals surface area contributed by atoms with Gasteiger partial charge in [-0.1, -0.05) is 51.0 Å². The zero-order chi connectivity index (χ0) is 22.6. The number of benzene rings is 1. The zero-order valence-electron chi connectivity index (χ0n) is 18.5. The zero-order valence-corrected chi connectivity index (χ0v) is 19.3. The summed E-state index contributed by atoms with van der Waals surface area (Å²) >= 11 is 0. The number of hydrogen-bond acceptors (Lipinski definition) is 4. The number of terminal acetylenes is 1. The second-order valence-electron chi connectivity index (χ2n) is 8.97. The van der Waals surface area contributed by atoms with Crippen LogP contribution in [0.15, 0.2) is 30.5 Å². The molecular weight excluding hydrogens is 408 g/mol. The predicted octanol–water partition coefficient (Wildman–Crippen LogP) is 4.39. The Morgan fingerprint density at radius 1 is 1.32 bits per heavy atom. The second kappa shape index (κ2) is 9.23. The van der Waals surface area contributed by atoms with E-state index in [9.17, 15) is 13.2 Å². The fraction of sp³-hybridized carbons (Fsp3) is 0.440. The number of allylic oxidation sites excluding steroid dienone is 2. The van der Waals surface area contributed by atoms with E-state index in [1.165, 1.54) is 11.8 Å². The smallest absolute Gasteiger partial charge is 0.202 e. The van der Waals surface area contributed by atoms with E-state index in [0.717, 1.165) is 36.0 Å². The fourth-order valence-corrected chi connectivity index (χ4v) is 4.60. The van der Waals surface area contributed by atoms with Gasteiger partial charge in [-0.2, -0.15) is 0 Å². The molecule has 2 aromatic rings. The second-order valence-corrected chi connectivity index (χ2v) is 11.4. The van der Waals surface area contributed by atoms with Crippen LogP contribution in [0.3, 0.4) is 0 Å². The van der Waals surface area contributed by atoms with Crippen molar-refractivity contribution in [3.05, 3.63) is 58.7 Å². The van der Waals surface area contributed by atoms with Gasteiger partial charge in [-0.3, -0.25) is 4.79 Å². The highest BCUT2D eigenvalue weighted by Crippen LogP contribution is 2.39. The van der Waals surface area contributed by atoms with Gasteiger partial charge in [0.2, 0.25) is 5.78 Å². The third-order valence-electron chi connectivity index (χ3n) is 5.98. The normalized spacial score (nSPS) is 15.9. The molecular formula is C25H30N2O3S. The first kappa shape index (κ1) is 23.0. The number of aromatic amines is 1. The van der Waals surface area contributed by atoms with E-state index in [0.29, 0.717) is 12.1 Å². The Kier molecular flexibility index (Phi) is 6.86. The molecule has 5 nitrogen and oxygen atoms in total. The van der Waals surface area contributed by atoms with Gasteiger partial charge in [-0.15, -0.1) is 6.42 Å². The summed E-state index contributed by atoms with van der Waals surface area (Å²) in [6.45, 7) is 6.19. The predicted molar refractivity (Wildman–Crippen MR) is 125 cm³/mol. The number of nitrogens with zero attached hydrogens (tertiary/aromatic N) is 1. The van der Waals surface area contributed by atoms with Crippen LogP contribution in [0, 0.1) is 17.8 Å². The van der Waals surface area contributed by atoms with Gasteiger partial charge < -0.3 is 4.98 Å². The molecule has 0 unspecified atom stereocenters. The first-order chi connectivity index (χ1) is 14.6. The van der Waals surface area contributed by atoms with Gasteiger partial charge in [0.25, 0.3) is 0 Å². The van der Waals surface area contributed by atoms with Crippen molar-refractivity contribution < 1.29 is 13.2 Å². The van der Waals surface area contributed by atoms with Crippen LogP contribution in [-0.4, -0.2) is 35.7 Å². The number of aryl methyl sites for hydroxylation is 1. The lowest BCUT2D eigenvalue weighted by Gasteiger charge is -2.29. The molecule has 0 atom stereocenters. The Bertz CT molecular complexity index is 1150. The highest BCUT2D eigenvalue weighted by Gasteiger charge is 2.24. The number of ketones is 1. The molecule has 31 heavy (non-hydrogen) atoms. The summed E-state index contributed by atoms with van der Waals surface area (Å²) in [7, 11) is -3.03. The summed E-state index contributed by atoms with van der Waals surface area (Å²) in [5.41, 5.74) is 4.92. The molecule has 1 aliphatic rings. The number of imidazole rings is 1. The minimum Gasteiger partial charge on any atom is -0.329 e. The Balaban J connectivity index is 1.91. The van der Waals surface area contributed by atoms with Crippen molar-refractivity contribution in [2.75, 3.05) is 11.5 Å². The van der Waals surface area contributed by atoms with E-state index in [1.54, 1.807) is 6.92 Å². The summed E-state index contributed by atoms with van der Waals surface area (Å²) in [4.78, 5) is 19.8. The summed E-state index contributed by atoms with van der Waals surface area (Å²) in [6, 6.07) is 5.94. The van der Waals surface area contributed by atoms with Crippen molar-refractivity contribution in [3.8, 4) is 12.3 Å². The number of rotatable bonds is 8. The van der Waals surface area contributed by atoms with Gasteiger partial charge in [0.05, 0.1) is 11.9 Å². The van der Waals surface area contributed by atoms with E-state index in [2.05, 4.69) is 41.9 Å². The molecule has 1 N–H and O–H groups in total. The molecule has 0 saturated heterocycles. The molecule has 164 valence electrons. The monoisotopic (exact) mass is 438 g/mol. The third-order valence-corrected chi connectivity index (χ3v) is 7.69. The number of carbonyl (C=O) groups excluding carboxylic acids is 1. The Morgan fingerprint density at radius 2 is 2.10 bits per heavy atom. The average molecular weight is 439 g/mol. The number of nitrogens with one attached hydrogen (secondary N) is 1. The quantitative estimate of drug-likeness (QED) is 0.490. The molecule has 0 amide bonds. The largest absolute Gasteiger partial charge is 0.329 e. The molecule has 0 saturated carbocycles. The minimum atomic E-state index is -3.03. The molecule has 6 heteroatoms. The first-order valence-electron chi connectivity index (χ1n) is 10.7. The van der Waals surface area contributed by atoms with Gasteiger partial charge in [-0.05, 0) is 53.4 Å². The maximum absolute atomic E-state index is 12.8. The SMILES string of the molecule is C#Cc1cnc(C(=O)Cc2ccc(CCS(=O)(=O)CC)cc2C2=CCC(C)(C)CC2)[nH]1. The van der Waals surface area contributed by atoms with Crippen LogP contribution >= 0.6 is 0 Å². The van der Waals surface area contributed by atoms with E-state index in [-0.39, 0.29) is 34.9 Å². The molecule has 0 spiro atoms. The minimum absolute atomic E-state index is 0.124. The maximum Gasteiger partial charge on any atom is 0.202 e. The molecule has 1 heterocycles. The molecule has 1 aromatic heterocycles. The lowest BCUT2D eigenvalue weighted by atomic mass is 9.76. The maximum atomic E-state index is 12.8. The standard InChI is InChI=1S/C25H30N2O3S/c1-5-21-17-26-24(27-21)23(28)16-20-8-7-18(11-14-31(29,30)6-2)15-22(20)19-9-12-25(3,4)13-10-19/h1,7-9,15,17H,6,10-14,16H2,2-4H3,(H,26,27). The van der Waals surface area contributed by atoms with Crippen LogP contribution < -0.4 is 0 Å². The van der Waals surface area contributed by atoms with Gasteiger partial charge in [0.1, 0.15) is 15.5 Å². The molecule has 0 bridgehead atoms. The van der Waals surface area contributed by atoms with Crippen LogP contribution in [0.4, 0.5) is 0 Å². The van der Waals surface area contributed by atoms with E-state index in [4.69, 9.17) is 6.42 Å². The number of Topliss-reactive ketones (excluding diaryl/α,β-unsaturated/α-hetero) is 1. The van der Waals surface area contributed by atoms with Crippen molar-refractivity contribution in [1.29, 1.82) is 0 Å². The molecule has 0 radical (unpaired) electrons. The van der Waals surface area contributed by atoms with Gasteiger partial charge in [0, 0.05) is 12.2 Å². The molecule has 0 fully saturated rings. The van der Waals surface area contributed by atoms with Crippen molar-refractivity contribution >= 4 is 21.2 Å². The first-order valence-corrected chi connectivity index (χ1v) is 12.5. The molecule has 3 rings (SSSR count). The van der Waals surface area contributed by atoms with E-state index >= 15 is 0 Å². The van der Waals surface area contributed by atoms with E-state index in [1.807, 2.05) is 12.1 Å². The topological polar surface area (TPSA) is 79.9 Å². The average Bonchev–Trinajstić information content (AvgIpc) is 3.23. The fourth-order valence-electron chi connectivity index (χ4n) is 3.76. The van der Waals surface area contributed by atoms with Crippen LogP contribution in [0.1, 0.15) is 73.0 Å². The van der Waals surface area contributed by atoms with Crippen LogP contribution in [0.2, 0.25) is 0 Å². The summed E-state index contributed by atoms with van der Waals surface area (Å²) in [5, 5.41) is 0. The number of H-pyrrole nitrogens is 1. The van der Waals surface area contributed by atoms with Crippen molar-refractivity contribution in [2.24, 2.45) is 5.41 Å². The van der Waals surface area contributed by atoms with E-state index < -0.39 is 9.84 Å². The van der Waals surface area contributed by atoms with Crippen molar-refractivity contribution in [3.63, 3.8) is 0 Å². The highest BCUT2D eigenvalue weighted by molar-refractivity contribution is 7.91. The van der Waals surface area contributed by atoms with Gasteiger partial charge in [-0.25, -0.2) is 13.4 Å². The Hall–Kier alpha value is -2.65. The van der Waals surface area contributed by atoms with Gasteiger partial charge in [0.15, 0.2) is 5.82 Å². The Morgan fingerprint density at radius 3 is 2.71 bits per heavy atom. The number of sulfone groups is 1.